The fourth-order valence-electron chi connectivity index (χ4n) is 2.55. The van der Waals surface area contributed by atoms with Gasteiger partial charge in [0.15, 0.2) is 0 Å². The lowest BCUT2D eigenvalue weighted by Crippen LogP contribution is -1.86. The summed E-state index contributed by atoms with van der Waals surface area (Å²) in [5.41, 5.74) is 4.52. The van der Waals surface area contributed by atoms with Gasteiger partial charge in [-0.3, -0.25) is 4.40 Å². The van der Waals surface area contributed by atoms with E-state index in [0.717, 1.165) is 16.7 Å². The van der Waals surface area contributed by atoms with Crippen LogP contribution in [0.3, 0.4) is 0 Å². The van der Waals surface area contributed by atoms with Crippen molar-refractivity contribution in [2.75, 3.05) is 0 Å². The lowest BCUT2D eigenvalue weighted by atomic mass is 10.1. The molecule has 0 N–H and O–H groups in total. The quantitative estimate of drug-likeness (QED) is 0.448. The molecule has 0 bridgehead atoms. The molecule has 86 valence electrons. The number of imidazole rings is 1. The van der Waals surface area contributed by atoms with Crippen molar-refractivity contribution in [2.24, 2.45) is 0 Å². The maximum atomic E-state index is 4.75. The monoisotopic (exact) mass is 232 g/mol. The van der Waals surface area contributed by atoms with Crippen molar-refractivity contribution in [3.05, 3.63) is 60.3 Å². The van der Waals surface area contributed by atoms with Gasteiger partial charge in [-0.15, -0.1) is 0 Å². The van der Waals surface area contributed by atoms with Crippen molar-refractivity contribution in [3.63, 3.8) is 0 Å². The SMILES string of the molecule is Cc1ccc2ccn3c4ccccc4nc3c2c1. The van der Waals surface area contributed by atoms with Crippen LogP contribution in [0.15, 0.2) is 54.7 Å². The second-order valence-corrected chi connectivity index (χ2v) is 4.70. The van der Waals surface area contributed by atoms with Crippen LogP contribution in [0.25, 0.3) is 27.5 Å². The van der Waals surface area contributed by atoms with Gasteiger partial charge in [-0.25, -0.2) is 4.98 Å². The Balaban J connectivity index is 2.31. The van der Waals surface area contributed by atoms with Gasteiger partial charge in [0.1, 0.15) is 5.65 Å². The first-order valence-corrected chi connectivity index (χ1v) is 6.09. The molecule has 4 aromatic rings. The van der Waals surface area contributed by atoms with Crippen LogP contribution in [0.2, 0.25) is 0 Å². The molecule has 2 aromatic heterocycles. The van der Waals surface area contributed by atoms with Gasteiger partial charge in [-0.05, 0) is 36.6 Å². The lowest BCUT2D eigenvalue weighted by molar-refractivity contribution is 1.24. The second-order valence-electron chi connectivity index (χ2n) is 4.70. The molecular formula is C16H12N2. The van der Waals surface area contributed by atoms with Crippen LogP contribution in [0.4, 0.5) is 0 Å². The first-order chi connectivity index (χ1) is 8.83. The smallest absolute Gasteiger partial charge is 0.145 e. The number of aryl methyl sites for hydroxylation is 1. The molecule has 2 heterocycles. The maximum Gasteiger partial charge on any atom is 0.145 e. The Kier molecular flexibility index (Phi) is 1.78. The summed E-state index contributed by atoms with van der Waals surface area (Å²) in [6.07, 6.45) is 2.10. The summed E-state index contributed by atoms with van der Waals surface area (Å²) in [6.45, 7) is 2.12. The number of aromatic nitrogens is 2. The van der Waals surface area contributed by atoms with E-state index in [2.05, 4.69) is 60.0 Å². The average molecular weight is 232 g/mol. The molecule has 0 atom stereocenters. The first kappa shape index (κ1) is 9.66. The number of para-hydroxylation sites is 2. The number of benzene rings is 2. The van der Waals surface area contributed by atoms with E-state index in [1.54, 1.807) is 0 Å². The molecule has 0 unspecified atom stereocenters. The van der Waals surface area contributed by atoms with Crippen molar-refractivity contribution < 1.29 is 0 Å². The Labute approximate surface area is 104 Å². The number of hydrogen-bond donors (Lipinski definition) is 0. The van der Waals surface area contributed by atoms with Crippen LogP contribution in [0.5, 0.6) is 0 Å². The maximum absolute atomic E-state index is 4.75. The largest absolute Gasteiger partial charge is 0.299 e. The van der Waals surface area contributed by atoms with E-state index in [-0.39, 0.29) is 0 Å². The molecule has 0 aliphatic carbocycles. The molecule has 18 heavy (non-hydrogen) atoms. The number of pyridine rings is 1. The summed E-state index contributed by atoms with van der Waals surface area (Å²) in [5, 5.41) is 2.46. The molecular weight excluding hydrogens is 220 g/mol. The third-order valence-electron chi connectivity index (χ3n) is 3.45. The Hall–Kier alpha value is -2.35. The predicted molar refractivity (Wildman–Crippen MR) is 74.9 cm³/mol. The fraction of sp³-hybridized carbons (Fsp3) is 0.0625. The minimum atomic E-state index is 1.04. The van der Waals surface area contributed by atoms with Gasteiger partial charge in [0.25, 0.3) is 0 Å². The van der Waals surface area contributed by atoms with Gasteiger partial charge in [0.2, 0.25) is 0 Å². The van der Waals surface area contributed by atoms with Gasteiger partial charge in [0, 0.05) is 11.6 Å². The number of fused-ring (bicyclic) bond motifs is 5. The van der Waals surface area contributed by atoms with Crippen LogP contribution in [-0.4, -0.2) is 9.38 Å². The van der Waals surface area contributed by atoms with Crippen molar-refractivity contribution in [1.29, 1.82) is 0 Å². The highest BCUT2D eigenvalue weighted by Gasteiger charge is 2.06. The van der Waals surface area contributed by atoms with Crippen LogP contribution in [0.1, 0.15) is 5.56 Å². The van der Waals surface area contributed by atoms with Crippen LogP contribution in [-0.2, 0) is 0 Å². The molecule has 0 saturated heterocycles. The molecule has 0 aliphatic heterocycles. The highest BCUT2D eigenvalue weighted by molar-refractivity contribution is 5.98. The molecule has 0 fully saturated rings. The summed E-state index contributed by atoms with van der Waals surface area (Å²) in [6, 6.07) is 16.9. The van der Waals surface area contributed by atoms with Crippen LogP contribution in [0, 0.1) is 6.92 Å². The van der Waals surface area contributed by atoms with Crippen LogP contribution < -0.4 is 0 Å². The summed E-state index contributed by atoms with van der Waals surface area (Å²) >= 11 is 0. The zero-order chi connectivity index (χ0) is 12.1. The van der Waals surface area contributed by atoms with Gasteiger partial charge < -0.3 is 0 Å². The van der Waals surface area contributed by atoms with Gasteiger partial charge in [0.05, 0.1) is 11.0 Å². The molecule has 0 spiro atoms. The van der Waals surface area contributed by atoms with E-state index < -0.39 is 0 Å². The molecule has 2 aromatic carbocycles. The molecule has 2 nitrogen and oxygen atoms in total. The van der Waals surface area contributed by atoms with E-state index in [0.29, 0.717) is 0 Å². The third-order valence-corrected chi connectivity index (χ3v) is 3.45. The normalized spacial score (nSPS) is 11.6. The zero-order valence-electron chi connectivity index (χ0n) is 10.1. The van der Waals surface area contributed by atoms with E-state index >= 15 is 0 Å². The Bertz CT molecular complexity index is 887. The van der Waals surface area contributed by atoms with Crippen molar-refractivity contribution in [1.82, 2.24) is 9.38 Å². The second kappa shape index (κ2) is 3.33. The van der Waals surface area contributed by atoms with Crippen LogP contribution >= 0.6 is 0 Å². The van der Waals surface area contributed by atoms with Gasteiger partial charge >= 0.3 is 0 Å². The van der Waals surface area contributed by atoms with E-state index in [9.17, 15) is 0 Å². The van der Waals surface area contributed by atoms with Crippen molar-refractivity contribution in [2.45, 2.75) is 6.92 Å². The van der Waals surface area contributed by atoms with Gasteiger partial charge in [-0.2, -0.15) is 0 Å². The molecule has 0 saturated carbocycles. The lowest BCUT2D eigenvalue weighted by Gasteiger charge is -2.02. The molecule has 0 amide bonds. The minimum absolute atomic E-state index is 1.04. The Morgan fingerprint density at radius 1 is 1.00 bits per heavy atom. The number of hydrogen-bond acceptors (Lipinski definition) is 1. The molecule has 4 rings (SSSR count). The minimum Gasteiger partial charge on any atom is -0.299 e. The van der Waals surface area contributed by atoms with E-state index in [1.807, 2.05) is 6.07 Å². The highest BCUT2D eigenvalue weighted by atomic mass is 15.0. The van der Waals surface area contributed by atoms with Crippen molar-refractivity contribution >= 4 is 27.5 Å². The topological polar surface area (TPSA) is 17.3 Å². The number of nitrogens with zero attached hydrogens (tertiary/aromatic N) is 2. The van der Waals surface area contributed by atoms with Crippen molar-refractivity contribution in [3.8, 4) is 0 Å². The first-order valence-electron chi connectivity index (χ1n) is 6.09. The highest BCUT2D eigenvalue weighted by Crippen LogP contribution is 2.24. The summed E-state index contributed by atoms with van der Waals surface area (Å²) < 4.78 is 2.16. The predicted octanol–water partition coefficient (Wildman–Crippen LogP) is 3.95. The van der Waals surface area contributed by atoms with E-state index in [1.165, 1.54) is 16.3 Å². The third kappa shape index (κ3) is 1.20. The van der Waals surface area contributed by atoms with Gasteiger partial charge in [-0.1, -0.05) is 29.8 Å². The summed E-state index contributed by atoms with van der Waals surface area (Å²) in [5.74, 6) is 0. The average Bonchev–Trinajstić information content (AvgIpc) is 2.78. The number of rotatable bonds is 0. The Morgan fingerprint density at radius 2 is 1.89 bits per heavy atom. The zero-order valence-corrected chi connectivity index (χ0v) is 10.1. The molecule has 0 aliphatic rings. The Morgan fingerprint density at radius 3 is 2.83 bits per heavy atom. The fourth-order valence-corrected chi connectivity index (χ4v) is 2.55. The van der Waals surface area contributed by atoms with E-state index in [4.69, 9.17) is 4.98 Å². The summed E-state index contributed by atoms with van der Waals surface area (Å²) in [7, 11) is 0. The molecule has 0 radical (unpaired) electrons. The summed E-state index contributed by atoms with van der Waals surface area (Å²) in [4.78, 5) is 4.75. The standard InChI is InChI=1S/C16H12N2/c1-11-6-7-12-8-9-18-15-5-3-2-4-14(15)17-16(18)13(12)10-11/h2-10H,1H3. The molecule has 2 heteroatoms.